The van der Waals surface area contributed by atoms with Crippen LogP contribution >= 0.6 is 0 Å². The number of nitrogens with zero attached hydrogens (tertiary/aromatic N) is 4. The Balaban J connectivity index is 1.45. The molecule has 1 saturated heterocycles. The van der Waals surface area contributed by atoms with Crippen LogP contribution in [0.1, 0.15) is 29.6 Å². The summed E-state index contributed by atoms with van der Waals surface area (Å²) in [4.78, 5) is 31.4. The first-order valence-corrected chi connectivity index (χ1v) is 9.34. The second-order valence-corrected chi connectivity index (χ2v) is 6.98. The van der Waals surface area contributed by atoms with Gasteiger partial charge in [-0.15, -0.1) is 0 Å². The number of ketones is 1. The summed E-state index contributed by atoms with van der Waals surface area (Å²) < 4.78 is 1.65. The summed E-state index contributed by atoms with van der Waals surface area (Å²) in [6.07, 6.45) is 5.13. The quantitative estimate of drug-likeness (QED) is 0.655. The molecule has 1 fully saturated rings. The predicted octanol–water partition coefficient (Wildman–Crippen LogP) is 2.94. The molecule has 4 rings (SSSR count). The molecule has 0 radical (unpaired) electrons. The summed E-state index contributed by atoms with van der Waals surface area (Å²) in [7, 11) is 0. The third-order valence-electron chi connectivity index (χ3n) is 5.22. The maximum atomic E-state index is 13.2. The lowest BCUT2D eigenvalue weighted by atomic mass is 9.88. The molecule has 27 heavy (non-hydrogen) atoms. The lowest BCUT2D eigenvalue weighted by Gasteiger charge is -2.32. The van der Waals surface area contributed by atoms with Crippen molar-refractivity contribution in [1.82, 2.24) is 19.7 Å². The molecule has 2 heterocycles. The van der Waals surface area contributed by atoms with E-state index in [-0.39, 0.29) is 17.6 Å². The molecule has 2 aromatic carbocycles. The number of benzene rings is 2. The Morgan fingerprint density at radius 2 is 1.96 bits per heavy atom. The smallest absolute Gasteiger partial charge is 0.224 e. The Kier molecular flexibility index (Phi) is 4.96. The van der Waals surface area contributed by atoms with Gasteiger partial charge in [0.1, 0.15) is 12.7 Å². The van der Waals surface area contributed by atoms with E-state index < -0.39 is 0 Å². The van der Waals surface area contributed by atoms with Gasteiger partial charge in [0, 0.05) is 31.0 Å². The molecule has 0 spiro atoms. The fourth-order valence-corrected chi connectivity index (χ4v) is 3.79. The molecule has 1 amide bonds. The maximum Gasteiger partial charge on any atom is 0.224 e. The van der Waals surface area contributed by atoms with E-state index in [0.29, 0.717) is 19.5 Å². The van der Waals surface area contributed by atoms with Crippen molar-refractivity contribution in [2.75, 3.05) is 13.1 Å². The number of fused-ring (bicyclic) bond motifs is 1. The van der Waals surface area contributed by atoms with E-state index in [9.17, 15) is 9.59 Å². The topological polar surface area (TPSA) is 68.1 Å². The van der Waals surface area contributed by atoms with Gasteiger partial charge < -0.3 is 4.90 Å². The largest absolute Gasteiger partial charge is 0.342 e. The van der Waals surface area contributed by atoms with Crippen LogP contribution in [0.25, 0.3) is 10.8 Å². The highest BCUT2D eigenvalue weighted by Crippen LogP contribution is 2.26. The average Bonchev–Trinajstić information content (AvgIpc) is 3.25. The van der Waals surface area contributed by atoms with Crippen molar-refractivity contribution in [2.45, 2.75) is 25.8 Å². The first-order valence-electron chi connectivity index (χ1n) is 9.34. The molecule has 138 valence electrons. The minimum atomic E-state index is -0.139. The van der Waals surface area contributed by atoms with Gasteiger partial charge in [-0.05, 0) is 23.6 Å². The van der Waals surface area contributed by atoms with Crippen molar-refractivity contribution in [2.24, 2.45) is 5.92 Å². The van der Waals surface area contributed by atoms with Crippen LogP contribution in [0.2, 0.25) is 0 Å². The number of aromatic nitrogens is 3. The third-order valence-corrected chi connectivity index (χ3v) is 5.22. The number of Topliss-reactive ketones (excluding diaryl/α,β-unsaturated/α-hetero) is 1. The van der Waals surface area contributed by atoms with E-state index in [4.69, 9.17) is 0 Å². The summed E-state index contributed by atoms with van der Waals surface area (Å²) in [5, 5.41) is 6.08. The molecule has 0 bridgehead atoms. The van der Waals surface area contributed by atoms with Crippen LogP contribution in [0.15, 0.2) is 55.1 Å². The highest BCUT2D eigenvalue weighted by molar-refractivity contribution is 6.09. The monoisotopic (exact) mass is 362 g/mol. The number of amides is 1. The fraction of sp³-hybridized carbons (Fsp3) is 0.333. The minimum Gasteiger partial charge on any atom is -0.342 e. The highest BCUT2D eigenvalue weighted by atomic mass is 16.2. The lowest BCUT2D eigenvalue weighted by molar-refractivity contribution is -0.132. The van der Waals surface area contributed by atoms with Crippen LogP contribution in [0.3, 0.4) is 0 Å². The Morgan fingerprint density at radius 3 is 2.81 bits per heavy atom. The van der Waals surface area contributed by atoms with E-state index in [1.165, 1.54) is 6.33 Å². The van der Waals surface area contributed by atoms with E-state index in [0.717, 1.165) is 35.7 Å². The SMILES string of the molecule is O=C(c1cccc2ccccc12)[C@@H]1CCCN(C(=O)CCn2cncn2)C1. The number of piperidine rings is 1. The van der Waals surface area contributed by atoms with Crippen molar-refractivity contribution in [3.05, 3.63) is 60.7 Å². The van der Waals surface area contributed by atoms with Crippen LogP contribution in [-0.4, -0.2) is 44.4 Å². The van der Waals surface area contributed by atoms with Gasteiger partial charge in [-0.25, -0.2) is 4.98 Å². The normalized spacial score (nSPS) is 17.2. The zero-order chi connectivity index (χ0) is 18.6. The van der Waals surface area contributed by atoms with E-state index >= 15 is 0 Å². The first kappa shape index (κ1) is 17.4. The molecular formula is C21H22N4O2. The zero-order valence-electron chi connectivity index (χ0n) is 15.1. The molecular weight excluding hydrogens is 340 g/mol. The second kappa shape index (κ2) is 7.70. The number of carbonyl (C=O) groups excluding carboxylic acids is 2. The van der Waals surface area contributed by atoms with Gasteiger partial charge in [-0.1, -0.05) is 42.5 Å². The number of carbonyl (C=O) groups is 2. The molecule has 1 atom stereocenters. The van der Waals surface area contributed by atoms with Gasteiger partial charge >= 0.3 is 0 Å². The van der Waals surface area contributed by atoms with Gasteiger partial charge in [-0.3, -0.25) is 14.3 Å². The minimum absolute atomic E-state index is 0.0703. The van der Waals surface area contributed by atoms with Crippen LogP contribution in [0, 0.1) is 5.92 Å². The molecule has 0 unspecified atom stereocenters. The number of hydrogen-bond acceptors (Lipinski definition) is 4. The molecule has 1 aromatic heterocycles. The van der Waals surface area contributed by atoms with E-state index in [2.05, 4.69) is 10.1 Å². The molecule has 0 N–H and O–H groups in total. The van der Waals surface area contributed by atoms with Crippen LogP contribution in [-0.2, 0) is 11.3 Å². The van der Waals surface area contributed by atoms with E-state index in [1.807, 2.05) is 47.4 Å². The maximum absolute atomic E-state index is 13.2. The Bertz CT molecular complexity index is 946. The fourth-order valence-electron chi connectivity index (χ4n) is 3.79. The molecule has 0 saturated carbocycles. The van der Waals surface area contributed by atoms with Gasteiger partial charge in [0.25, 0.3) is 0 Å². The van der Waals surface area contributed by atoms with Crippen LogP contribution in [0.5, 0.6) is 0 Å². The standard InChI is InChI=1S/C21H22N4O2/c26-20(10-12-25-15-22-14-23-25)24-11-4-7-17(13-24)21(27)19-9-3-6-16-5-1-2-8-18(16)19/h1-3,5-6,8-9,14-15,17H,4,7,10-13H2/t17-/m1/s1. The molecule has 3 aromatic rings. The van der Waals surface area contributed by atoms with E-state index in [1.54, 1.807) is 11.0 Å². The van der Waals surface area contributed by atoms with Crippen molar-refractivity contribution in [3.8, 4) is 0 Å². The predicted molar refractivity (Wildman–Crippen MR) is 102 cm³/mol. The average molecular weight is 362 g/mol. The second-order valence-electron chi connectivity index (χ2n) is 6.98. The molecule has 1 aliphatic rings. The number of likely N-dealkylation sites (tertiary alicyclic amines) is 1. The summed E-state index contributed by atoms with van der Waals surface area (Å²) in [6, 6.07) is 13.8. The van der Waals surface area contributed by atoms with Gasteiger partial charge in [0.2, 0.25) is 5.91 Å². The zero-order valence-corrected chi connectivity index (χ0v) is 15.1. The summed E-state index contributed by atoms with van der Waals surface area (Å²) in [5.41, 5.74) is 0.759. The van der Waals surface area contributed by atoms with Crippen LogP contribution in [0.4, 0.5) is 0 Å². The van der Waals surface area contributed by atoms with Crippen molar-refractivity contribution < 1.29 is 9.59 Å². The summed E-state index contributed by atoms with van der Waals surface area (Å²) in [5.74, 6) is 0.0707. The molecule has 1 aliphatic heterocycles. The third kappa shape index (κ3) is 3.74. The van der Waals surface area contributed by atoms with Gasteiger partial charge in [0.15, 0.2) is 5.78 Å². The summed E-state index contributed by atoms with van der Waals surface area (Å²) >= 11 is 0. The highest BCUT2D eigenvalue weighted by Gasteiger charge is 2.29. The number of rotatable bonds is 5. The number of hydrogen-bond donors (Lipinski definition) is 0. The molecule has 6 nitrogen and oxygen atoms in total. The van der Waals surface area contributed by atoms with Crippen LogP contribution < -0.4 is 0 Å². The molecule has 6 heteroatoms. The van der Waals surface area contributed by atoms with Gasteiger partial charge in [-0.2, -0.15) is 5.10 Å². The first-order chi connectivity index (χ1) is 13.2. The molecule has 0 aliphatic carbocycles. The van der Waals surface area contributed by atoms with Crippen molar-refractivity contribution in [3.63, 3.8) is 0 Å². The van der Waals surface area contributed by atoms with Gasteiger partial charge in [0.05, 0.1) is 6.54 Å². The summed E-state index contributed by atoms with van der Waals surface area (Å²) in [6.45, 7) is 1.73. The Labute approximate surface area is 157 Å². The number of aryl methyl sites for hydroxylation is 1. The van der Waals surface area contributed by atoms with Crippen molar-refractivity contribution in [1.29, 1.82) is 0 Å². The Morgan fingerprint density at radius 1 is 1.11 bits per heavy atom. The van der Waals surface area contributed by atoms with Crippen molar-refractivity contribution >= 4 is 22.5 Å². The lowest BCUT2D eigenvalue weighted by Crippen LogP contribution is -2.42. The Hall–Kier alpha value is -3.02.